The fraction of sp³-hybridized carbons (Fsp3) is 0.357. The van der Waals surface area contributed by atoms with Crippen LogP contribution in [0.25, 0.3) is 6.08 Å². The highest BCUT2D eigenvalue weighted by atomic mass is 32.2. The fourth-order valence-corrected chi connectivity index (χ4v) is 2.09. The van der Waals surface area contributed by atoms with E-state index in [9.17, 15) is 4.79 Å². The molecule has 0 amide bonds. The van der Waals surface area contributed by atoms with E-state index in [-0.39, 0.29) is 5.97 Å². The Morgan fingerprint density at radius 2 is 2.00 bits per heavy atom. The van der Waals surface area contributed by atoms with E-state index in [1.165, 1.54) is 0 Å². The summed E-state index contributed by atoms with van der Waals surface area (Å²) in [6.07, 6.45) is 2.93. The van der Waals surface area contributed by atoms with Crippen molar-refractivity contribution < 1.29 is 9.53 Å². The summed E-state index contributed by atoms with van der Waals surface area (Å²) >= 11 is 1.55. The number of carbonyl (C=O) groups is 1. The van der Waals surface area contributed by atoms with Crippen LogP contribution in [0.1, 0.15) is 25.8 Å². The maximum Gasteiger partial charge on any atom is 0.344 e. The zero-order valence-electron chi connectivity index (χ0n) is 10.3. The Morgan fingerprint density at radius 3 is 2.59 bits per heavy atom. The number of carbonyl (C=O) groups excluding carboxylic acids is 1. The molecule has 1 aromatic carbocycles. The second kappa shape index (κ2) is 7.96. The van der Waals surface area contributed by atoms with Gasteiger partial charge in [0.25, 0.3) is 0 Å². The summed E-state index contributed by atoms with van der Waals surface area (Å²) in [4.78, 5) is 12.4. The molecule has 0 atom stereocenters. The monoisotopic (exact) mass is 250 g/mol. The Bertz CT molecular complexity index is 371. The van der Waals surface area contributed by atoms with Crippen molar-refractivity contribution in [3.05, 3.63) is 40.8 Å². The number of hydrogen-bond donors (Lipinski definition) is 0. The van der Waals surface area contributed by atoms with Gasteiger partial charge in [0, 0.05) is 0 Å². The number of esters is 1. The van der Waals surface area contributed by atoms with Crippen molar-refractivity contribution in [3.8, 4) is 0 Å². The van der Waals surface area contributed by atoms with Crippen molar-refractivity contribution in [3.63, 3.8) is 0 Å². The predicted octanol–water partition coefficient (Wildman–Crippen LogP) is 3.73. The topological polar surface area (TPSA) is 26.3 Å². The molecule has 0 bridgehead atoms. The van der Waals surface area contributed by atoms with Gasteiger partial charge in [0.1, 0.15) is 0 Å². The minimum Gasteiger partial charge on any atom is -0.462 e. The van der Waals surface area contributed by atoms with Crippen LogP contribution in [0.15, 0.2) is 35.2 Å². The van der Waals surface area contributed by atoms with Gasteiger partial charge in [-0.15, -0.1) is 11.8 Å². The first-order valence-electron chi connectivity index (χ1n) is 5.84. The molecule has 0 aliphatic heterocycles. The first kappa shape index (κ1) is 13.8. The molecule has 1 rings (SSSR count). The molecule has 0 heterocycles. The molecule has 0 spiro atoms. The van der Waals surface area contributed by atoms with E-state index in [4.69, 9.17) is 4.74 Å². The number of benzene rings is 1. The van der Waals surface area contributed by atoms with Crippen LogP contribution in [-0.2, 0) is 9.53 Å². The molecule has 1 aromatic rings. The number of hydrogen-bond acceptors (Lipinski definition) is 3. The minimum atomic E-state index is -0.227. The summed E-state index contributed by atoms with van der Waals surface area (Å²) in [5.74, 6) is 0.701. The third kappa shape index (κ3) is 5.09. The number of rotatable bonds is 6. The lowest BCUT2D eigenvalue weighted by atomic mass is 10.2. The van der Waals surface area contributed by atoms with Gasteiger partial charge in [-0.05, 0) is 30.7 Å². The van der Waals surface area contributed by atoms with Crippen molar-refractivity contribution in [2.75, 3.05) is 12.4 Å². The summed E-state index contributed by atoms with van der Waals surface area (Å²) in [6.45, 7) is 4.33. The molecule has 2 nitrogen and oxygen atoms in total. The lowest BCUT2D eigenvalue weighted by Gasteiger charge is -2.06. The van der Waals surface area contributed by atoms with E-state index in [2.05, 4.69) is 6.92 Å². The first-order chi connectivity index (χ1) is 8.27. The summed E-state index contributed by atoms with van der Waals surface area (Å²) in [5, 5.41) is 0. The Morgan fingerprint density at radius 1 is 1.29 bits per heavy atom. The van der Waals surface area contributed by atoms with Crippen LogP contribution in [0.3, 0.4) is 0 Å². The highest BCUT2D eigenvalue weighted by Crippen LogP contribution is 2.21. The lowest BCUT2D eigenvalue weighted by molar-refractivity contribution is -0.137. The van der Waals surface area contributed by atoms with E-state index in [0.717, 1.165) is 17.7 Å². The van der Waals surface area contributed by atoms with E-state index >= 15 is 0 Å². The Hall–Kier alpha value is -1.22. The average Bonchev–Trinajstić information content (AvgIpc) is 2.36. The summed E-state index contributed by atoms with van der Waals surface area (Å²) in [6, 6.07) is 9.83. The molecule has 0 N–H and O–H groups in total. The van der Waals surface area contributed by atoms with Crippen LogP contribution in [0.2, 0.25) is 0 Å². The molecule has 0 aromatic heterocycles. The third-order valence-electron chi connectivity index (χ3n) is 2.04. The number of ether oxygens (including phenoxy) is 1. The van der Waals surface area contributed by atoms with Gasteiger partial charge in [-0.25, -0.2) is 4.79 Å². The Labute approximate surface area is 107 Å². The molecule has 92 valence electrons. The van der Waals surface area contributed by atoms with Crippen LogP contribution in [0.5, 0.6) is 0 Å². The van der Waals surface area contributed by atoms with Gasteiger partial charge < -0.3 is 4.74 Å². The minimum absolute atomic E-state index is 0.227. The fourth-order valence-electron chi connectivity index (χ4n) is 1.27. The second-order valence-electron chi connectivity index (χ2n) is 3.49. The van der Waals surface area contributed by atoms with Gasteiger partial charge >= 0.3 is 5.97 Å². The largest absolute Gasteiger partial charge is 0.462 e. The normalized spacial score (nSPS) is 11.3. The van der Waals surface area contributed by atoms with E-state index in [1.807, 2.05) is 43.3 Å². The van der Waals surface area contributed by atoms with Crippen molar-refractivity contribution >= 4 is 23.8 Å². The molecule has 0 unspecified atom stereocenters. The summed E-state index contributed by atoms with van der Waals surface area (Å²) in [5.41, 5.74) is 1.03. The molecule has 17 heavy (non-hydrogen) atoms. The molecule has 0 aliphatic carbocycles. The number of thioether (sulfide) groups is 1. The molecule has 3 heteroatoms. The molecule has 0 aliphatic rings. The summed E-state index contributed by atoms with van der Waals surface area (Å²) < 4.78 is 5.05. The van der Waals surface area contributed by atoms with Gasteiger partial charge in [0.15, 0.2) is 0 Å². The van der Waals surface area contributed by atoms with Gasteiger partial charge in [0.05, 0.1) is 11.5 Å². The zero-order chi connectivity index (χ0) is 12.5. The smallest absolute Gasteiger partial charge is 0.344 e. The van der Waals surface area contributed by atoms with Crippen molar-refractivity contribution in [1.82, 2.24) is 0 Å². The first-order valence-corrected chi connectivity index (χ1v) is 6.83. The molecular weight excluding hydrogens is 232 g/mol. The SMILES string of the molecule is CCCS/C(=C/c1ccccc1)C(=O)OCC. The lowest BCUT2D eigenvalue weighted by Crippen LogP contribution is -2.05. The second-order valence-corrected chi connectivity index (χ2v) is 4.62. The van der Waals surface area contributed by atoms with Crippen LogP contribution in [0, 0.1) is 0 Å². The highest BCUT2D eigenvalue weighted by Gasteiger charge is 2.10. The third-order valence-corrected chi connectivity index (χ3v) is 3.24. The molecule has 0 saturated carbocycles. The maximum atomic E-state index is 11.7. The van der Waals surface area contributed by atoms with Gasteiger partial charge in [0.2, 0.25) is 0 Å². The van der Waals surface area contributed by atoms with Crippen molar-refractivity contribution in [1.29, 1.82) is 0 Å². The Kier molecular flexibility index (Phi) is 6.48. The van der Waals surface area contributed by atoms with Crippen molar-refractivity contribution in [2.45, 2.75) is 20.3 Å². The summed E-state index contributed by atoms with van der Waals surface area (Å²) in [7, 11) is 0. The molecule has 0 saturated heterocycles. The predicted molar refractivity (Wildman–Crippen MR) is 73.8 cm³/mol. The van der Waals surface area contributed by atoms with Crippen LogP contribution < -0.4 is 0 Å². The maximum absolute atomic E-state index is 11.7. The van der Waals surface area contributed by atoms with E-state index < -0.39 is 0 Å². The van der Waals surface area contributed by atoms with Crippen molar-refractivity contribution in [2.24, 2.45) is 0 Å². The molecular formula is C14H18O2S. The highest BCUT2D eigenvalue weighted by molar-refractivity contribution is 8.04. The van der Waals surface area contributed by atoms with Crippen LogP contribution in [0.4, 0.5) is 0 Å². The van der Waals surface area contributed by atoms with Gasteiger partial charge in [-0.3, -0.25) is 0 Å². The van der Waals surface area contributed by atoms with Gasteiger partial charge in [-0.1, -0.05) is 37.3 Å². The van der Waals surface area contributed by atoms with E-state index in [0.29, 0.717) is 11.5 Å². The quantitative estimate of drug-likeness (QED) is 0.568. The van der Waals surface area contributed by atoms with Crippen LogP contribution >= 0.6 is 11.8 Å². The zero-order valence-corrected chi connectivity index (χ0v) is 11.1. The average molecular weight is 250 g/mol. The Balaban J connectivity index is 2.81. The van der Waals surface area contributed by atoms with Crippen LogP contribution in [-0.4, -0.2) is 18.3 Å². The molecule has 0 radical (unpaired) electrons. The van der Waals surface area contributed by atoms with E-state index in [1.54, 1.807) is 11.8 Å². The standard InChI is InChI=1S/C14H18O2S/c1-3-10-17-13(14(15)16-4-2)11-12-8-6-5-7-9-12/h5-9,11H,3-4,10H2,1-2H3/b13-11+. The van der Waals surface area contributed by atoms with Gasteiger partial charge in [-0.2, -0.15) is 0 Å². The molecule has 0 fully saturated rings.